The summed E-state index contributed by atoms with van der Waals surface area (Å²) in [7, 11) is 0. The molecule has 0 spiro atoms. The number of aryl methyl sites for hydroxylation is 1. The van der Waals surface area contributed by atoms with E-state index in [0.717, 1.165) is 0 Å². The normalized spacial score (nSPS) is 8.12. The van der Waals surface area contributed by atoms with Gasteiger partial charge in [-0.25, -0.2) is 0 Å². The first-order valence-electron chi connectivity index (χ1n) is 1.94. The van der Waals surface area contributed by atoms with Gasteiger partial charge in [-0.3, -0.25) is 4.79 Å². The predicted molar refractivity (Wildman–Crippen MR) is 25.2 cm³/mol. The molecule has 1 aromatic rings. The van der Waals surface area contributed by atoms with Crippen molar-refractivity contribution in [1.29, 1.82) is 0 Å². The van der Waals surface area contributed by atoms with Crippen molar-refractivity contribution < 1.29 is 35.5 Å². The number of H-pyrrole nitrogens is 1. The van der Waals surface area contributed by atoms with Crippen LogP contribution in [0.4, 0.5) is 0 Å². The Balaban J connectivity index is 0. The van der Waals surface area contributed by atoms with Crippen molar-refractivity contribution in [3.05, 3.63) is 22.2 Å². The van der Waals surface area contributed by atoms with Crippen LogP contribution < -0.4 is 35.1 Å². The maximum atomic E-state index is 10.1. The van der Waals surface area contributed by atoms with Crippen LogP contribution >= 0.6 is 0 Å². The van der Waals surface area contributed by atoms with Crippen LogP contribution in [0, 0.1) is 6.92 Å². The molecular formula is C4H6NNaO2. The van der Waals surface area contributed by atoms with Gasteiger partial charge in [0.1, 0.15) is 5.76 Å². The summed E-state index contributed by atoms with van der Waals surface area (Å²) in [6.45, 7) is 1.71. The Bertz CT molecular complexity index is 206. The van der Waals surface area contributed by atoms with E-state index in [2.05, 4.69) is 9.68 Å². The second kappa shape index (κ2) is 3.12. The van der Waals surface area contributed by atoms with Gasteiger partial charge >= 0.3 is 29.6 Å². The van der Waals surface area contributed by atoms with Crippen molar-refractivity contribution >= 4 is 0 Å². The molecule has 0 atom stereocenters. The Kier molecular flexibility index (Phi) is 3.12. The number of aromatic amines is 1. The molecule has 3 nitrogen and oxygen atoms in total. The van der Waals surface area contributed by atoms with E-state index in [9.17, 15) is 4.79 Å². The number of nitrogens with one attached hydrogen (secondary N) is 1. The minimum atomic E-state index is -0.183. The van der Waals surface area contributed by atoms with Crippen LogP contribution in [0.15, 0.2) is 15.4 Å². The SMILES string of the molecule is Cc1cc(=O)[nH]o1.[H-].[Na+]. The third kappa shape index (κ3) is 1.86. The Morgan fingerprint density at radius 2 is 2.50 bits per heavy atom. The van der Waals surface area contributed by atoms with Gasteiger partial charge in [0.15, 0.2) is 0 Å². The van der Waals surface area contributed by atoms with Gasteiger partial charge in [0.25, 0.3) is 5.56 Å². The summed E-state index contributed by atoms with van der Waals surface area (Å²) in [5.41, 5.74) is -0.183. The Morgan fingerprint density at radius 1 is 1.88 bits per heavy atom. The van der Waals surface area contributed by atoms with Crippen molar-refractivity contribution in [2.45, 2.75) is 6.92 Å². The Hall–Kier alpha value is 0.0100. The van der Waals surface area contributed by atoms with E-state index in [-0.39, 0.29) is 36.5 Å². The van der Waals surface area contributed by atoms with Crippen LogP contribution in [0.3, 0.4) is 0 Å². The summed E-state index contributed by atoms with van der Waals surface area (Å²) in [4.78, 5) is 10.1. The monoisotopic (exact) mass is 123 g/mol. The van der Waals surface area contributed by atoms with Crippen molar-refractivity contribution in [2.24, 2.45) is 0 Å². The third-order valence-electron chi connectivity index (χ3n) is 0.647. The summed E-state index contributed by atoms with van der Waals surface area (Å²) in [6, 6.07) is 1.39. The van der Waals surface area contributed by atoms with E-state index in [1.54, 1.807) is 6.92 Å². The number of hydrogen-bond acceptors (Lipinski definition) is 2. The van der Waals surface area contributed by atoms with Crippen LogP contribution in [0.25, 0.3) is 0 Å². The summed E-state index contributed by atoms with van der Waals surface area (Å²) in [5.74, 6) is 0.616. The standard InChI is InChI=1S/C4H5NO2.Na.H/c1-3-2-4(6)5-7-3;;/h2H,1H3,(H,5,6);;/q;+1;-1. The molecule has 1 aromatic heterocycles. The van der Waals surface area contributed by atoms with Gasteiger partial charge in [-0.05, 0) is 6.92 Å². The summed E-state index contributed by atoms with van der Waals surface area (Å²) in [6.07, 6.45) is 0. The Morgan fingerprint density at radius 3 is 2.62 bits per heavy atom. The molecule has 0 amide bonds. The second-order valence-corrected chi connectivity index (χ2v) is 1.32. The average molecular weight is 123 g/mol. The number of hydrogen-bond donors (Lipinski definition) is 1. The smallest absolute Gasteiger partial charge is 1.00 e. The van der Waals surface area contributed by atoms with E-state index in [0.29, 0.717) is 5.76 Å². The van der Waals surface area contributed by atoms with E-state index in [1.165, 1.54) is 6.07 Å². The van der Waals surface area contributed by atoms with Crippen molar-refractivity contribution in [1.82, 2.24) is 5.16 Å². The molecule has 40 valence electrons. The zero-order chi connectivity index (χ0) is 5.28. The zero-order valence-electron chi connectivity index (χ0n) is 5.89. The average Bonchev–Trinajstić information content (AvgIpc) is 1.87. The minimum Gasteiger partial charge on any atom is -1.00 e. The molecule has 0 aromatic carbocycles. The van der Waals surface area contributed by atoms with Crippen molar-refractivity contribution in [3.8, 4) is 0 Å². The molecule has 1 rings (SSSR count). The van der Waals surface area contributed by atoms with E-state index in [4.69, 9.17) is 0 Å². The van der Waals surface area contributed by atoms with Gasteiger partial charge in [-0.1, -0.05) is 0 Å². The molecule has 0 fully saturated rings. The maximum Gasteiger partial charge on any atom is 1.00 e. The van der Waals surface area contributed by atoms with Gasteiger partial charge < -0.3 is 5.95 Å². The van der Waals surface area contributed by atoms with Crippen LogP contribution in [-0.2, 0) is 0 Å². The number of aromatic nitrogens is 1. The van der Waals surface area contributed by atoms with E-state index >= 15 is 0 Å². The molecule has 8 heavy (non-hydrogen) atoms. The molecule has 0 saturated carbocycles. The van der Waals surface area contributed by atoms with Crippen LogP contribution in [0.1, 0.15) is 7.19 Å². The molecule has 1 heterocycles. The second-order valence-electron chi connectivity index (χ2n) is 1.32. The first kappa shape index (κ1) is 8.01. The topological polar surface area (TPSA) is 46.0 Å². The van der Waals surface area contributed by atoms with Crippen LogP contribution in [0.5, 0.6) is 0 Å². The predicted octanol–water partition coefficient (Wildman–Crippen LogP) is -2.61. The summed E-state index contributed by atoms with van der Waals surface area (Å²) >= 11 is 0. The molecule has 0 aliphatic heterocycles. The molecule has 0 saturated heterocycles. The van der Waals surface area contributed by atoms with E-state index < -0.39 is 0 Å². The van der Waals surface area contributed by atoms with Crippen LogP contribution in [-0.4, -0.2) is 5.16 Å². The molecule has 0 aliphatic carbocycles. The molecule has 0 radical (unpaired) electrons. The van der Waals surface area contributed by atoms with E-state index in [1.807, 2.05) is 0 Å². The van der Waals surface area contributed by atoms with Crippen molar-refractivity contribution in [2.75, 3.05) is 0 Å². The van der Waals surface area contributed by atoms with Gasteiger partial charge in [0, 0.05) is 6.07 Å². The largest absolute Gasteiger partial charge is 1.00 e. The van der Waals surface area contributed by atoms with Crippen LogP contribution in [0.2, 0.25) is 0 Å². The van der Waals surface area contributed by atoms with Gasteiger partial charge in [0.2, 0.25) is 0 Å². The van der Waals surface area contributed by atoms with Gasteiger partial charge in [-0.2, -0.15) is 5.16 Å². The minimum absolute atomic E-state index is 0. The molecule has 1 N–H and O–H groups in total. The first-order chi connectivity index (χ1) is 3.29. The first-order valence-corrected chi connectivity index (χ1v) is 1.94. The molecular weight excluding hydrogens is 117 g/mol. The molecule has 4 heteroatoms. The summed E-state index contributed by atoms with van der Waals surface area (Å²) in [5, 5.41) is 2.14. The van der Waals surface area contributed by atoms with Crippen molar-refractivity contribution in [3.63, 3.8) is 0 Å². The maximum absolute atomic E-state index is 10.1. The quantitative estimate of drug-likeness (QED) is 0.384. The Labute approximate surface area is 69.8 Å². The zero-order valence-corrected chi connectivity index (χ0v) is 6.89. The molecule has 0 unspecified atom stereocenters. The fourth-order valence-corrected chi connectivity index (χ4v) is 0.374. The molecule has 0 aliphatic rings. The molecule has 0 bridgehead atoms. The third-order valence-corrected chi connectivity index (χ3v) is 0.647. The van der Waals surface area contributed by atoms with Gasteiger partial charge in [0.05, 0.1) is 0 Å². The fraction of sp³-hybridized carbons (Fsp3) is 0.250. The summed E-state index contributed by atoms with van der Waals surface area (Å²) < 4.78 is 4.53. The van der Waals surface area contributed by atoms with Gasteiger partial charge in [-0.15, -0.1) is 0 Å². The number of rotatable bonds is 0. The fourth-order valence-electron chi connectivity index (χ4n) is 0.374.